The van der Waals surface area contributed by atoms with E-state index in [2.05, 4.69) is 10.6 Å². The van der Waals surface area contributed by atoms with Crippen molar-refractivity contribution < 1.29 is 13.2 Å². The van der Waals surface area contributed by atoms with Crippen LogP contribution >= 0.6 is 11.6 Å². The lowest BCUT2D eigenvalue weighted by molar-refractivity contribution is -0.137. The van der Waals surface area contributed by atoms with E-state index in [1.807, 2.05) is 0 Å². The topological polar surface area (TPSA) is 24.1 Å². The molecule has 0 radical (unpaired) electrons. The minimum atomic E-state index is -4.33. The quantitative estimate of drug-likeness (QED) is 0.815. The highest BCUT2D eigenvalue weighted by atomic mass is 35.5. The van der Waals surface area contributed by atoms with Crippen LogP contribution < -0.4 is 10.6 Å². The van der Waals surface area contributed by atoms with Crippen LogP contribution in [0.15, 0.2) is 18.2 Å². The fraction of sp³-hybridized carbons (Fsp3) is 0.455. The molecule has 1 heterocycles. The van der Waals surface area contributed by atoms with Gasteiger partial charge in [-0.2, -0.15) is 13.2 Å². The Morgan fingerprint density at radius 3 is 2.59 bits per heavy atom. The van der Waals surface area contributed by atoms with Crippen molar-refractivity contribution in [3.05, 3.63) is 34.3 Å². The summed E-state index contributed by atoms with van der Waals surface area (Å²) in [4.78, 5) is 0. The highest BCUT2D eigenvalue weighted by Crippen LogP contribution is 2.33. The summed E-state index contributed by atoms with van der Waals surface area (Å²) < 4.78 is 37.8. The summed E-state index contributed by atoms with van der Waals surface area (Å²) in [6.45, 7) is 2.12. The highest BCUT2D eigenvalue weighted by Gasteiger charge is 2.31. The Bertz CT molecular complexity index is 400. The first-order chi connectivity index (χ1) is 7.98. The van der Waals surface area contributed by atoms with E-state index in [0.717, 1.165) is 25.2 Å². The largest absolute Gasteiger partial charge is 0.416 e. The van der Waals surface area contributed by atoms with Gasteiger partial charge in [-0.05, 0) is 23.8 Å². The molecule has 1 aromatic rings. The number of benzene rings is 1. The normalized spacial score (nSPS) is 21.5. The Morgan fingerprint density at radius 1 is 1.24 bits per heavy atom. The summed E-state index contributed by atoms with van der Waals surface area (Å²) >= 11 is 5.94. The Kier molecular flexibility index (Phi) is 3.61. The molecule has 17 heavy (non-hydrogen) atoms. The van der Waals surface area contributed by atoms with E-state index in [9.17, 15) is 13.2 Å². The summed E-state index contributed by atoms with van der Waals surface area (Å²) in [6.07, 6.45) is -4.33. The smallest absolute Gasteiger partial charge is 0.314 e. The summed E-state index contributed by atoms with van der Waals surface area (Å²) in [7, 11) is 0. The summed E-state index contributed by atoms with van der Waals surface area (Å²) in [5, 5.41) is 6.62. The first-order valence-corrected chi connectivity index (χ1v) is 5.67. The molecule has 94 valence electrons. The van der Waals surface area contributed by atoms with Crippen LogP contribution in [0.4, 0.5) is 13.2 Å². The SMILES string of the molecule is FC(F)(F)c1ccc(Cl)c([C@H]2CNCCN2)c1. The Balaban J connectivity index is 2.31. The highest BCUT2D eigenvalue weighted by molar-refractivity contribution is 6.31. The van der Waals surface area contributed by atoms with Gasteiger partial charge in [0.1, 0.15) is 0 Å². The molecule has 1 saturated heterocycles. The Morgan fingerprint density at radius 2 is 2.00 bits per heavy atom. The average molecular weight is 265 g/mol. The minimum Gasteiger partial charge on any atom is -0.314 e. The first-order valence-electron chi connectivity index (χ1n) is 5.29. The lowest BCUT2D eigenvalue weighted by atomic mass is 10.0. The van der Waals surface area contributed by atoms with Gasteiger partial charge in [-0.3, -0.25) is 0 Å². The molecule has 1 atom stereocenters. The molecular weight excluding hydrogens is 253 g/mol. The predicted molar refractivity (Wildman–Crippen MR) is 60.1 cm³/mol. The zero-order valence-electron chi connectivity index (χ0n) is 8.94. The number of halogens is 4. The van der Waals surface area contributed by atoms with Gasteiger partial charge in [0, 0.05) is 30.7 Å². The fourth-order valence-electron chi connectivity index (χ4n) is 1.86. The molecule has 2 rings (SSSR count). The lowest BCUT2D eigenvalue weighted by Crippen LogP contribution is -2.42. The number of alkyl halides is 3. The number of hydrogen-bond donors (Lipinski definition) is 2. The van der Waals surface area contributed by atoms with Crippen molar-refractivity contribution >= 4 is 11.6 Å². The van der Waals surface area contributed by atoms with Crippen molar-refractivity contribution in [2.75, 3.05) is 19.6 Å². The van der Waals surface area contributed by atoms with Gasteiger partial charge in [0.15, 0.2) is 0 Å². The van der Waals surface area contributed by atoms with Crippen molar-refractivity contribution in [1.82, 2.24) is 10.6 Å². The van der Waals surface area contributed by atoms with Crippen LogP contribution in [-0.2, 0) is 6.18 Å². The number of nitrogens with one attached hydrogen (secondary N) is 2. The van der Waals surface area contributed by atoms with Crippen LogP contribution in [0.1, 0.15) is 17.2 Å². The van der Waals surface area contributed by atoms with E-state index in [4.69, 9.17) is 11.6 Å². The molecular formula is C11H12ClF3N2. The summed E-state index contributed by atoms with van der Waals surface area (Å²) in [5.41, 5.74) is -0.169. The molecule has 6 heteroatoms. The third-order valence-electron chi connectivity index (χ3n) is 2.74. The van der Waals surface area contributed by atoms with Crippen molar-refractivity contribution in [3.63, 3.8) is 0 Å². The maximum Gasteiger partial charge on any atom is 0.416 e. The molecule has 0 bridgehead atoms. The molecule has 0 unspecified atom stereocenters. The molecule has 0 aliphatic carbocycles. The van der Waals surface area contributed by atoms with Crippen LogP contribution in [0.2, 0.25) is 5.02 Å². The second kappa shape index (κ2) is 4.84. The Labute approximate surface area is 102 Å². The van der Waals surface area contributed by atoms with Crippen molar-refractivity contribution in [3.8, 4) is 0 Å². The van der Waals surface area contributed by atoms with Gasteiger partial charge < -0.3 is 10.6 Å². The van der Waals surface area contributed by atoms with Gasteiger partial charge in [-0.15, -0.1) is 0 Å². The van der Waals surface area contributed by atoms with Crippen LogP contribution in [0.5, 0.6) is 0 Å². The molecule has 1 fully saturated rings. The van der Waals surface area contributed by atoms with Gasteiger partial charge in [-0.25, -0.2) is 0 Å². The number of piperazine rings is 1. The standard InChI is InChI=1S/C11H12ClF3N2/c12-9-2-1-7(11(13,14)15)5-8(9)10-6-16-3-4-17-10/h1-2,5,10,16-17H,3-4,6H2/t10-/m1/s1. The zero-order chi connectivity index (χ0) is 12.5. The van der Waals surface area contributed by atoms with E-state index in [-0.39, 0.29) is 6.04 Å². The van der Waals surface area contributed by atoms with E-state index in [1.165, 1.54) is 6.07 Å². The molecule has 1 aliphatic heterocycles. The number of rotatable bonds is 1. The maximum absolute atomic E-state index is 12.6. The van der Waals surface area contributed by atoms with Crippen molar-refractivity contribution in [2.45, 2.75) is 12.2 Å². The zero-order valence-corrected chi connectivity index (χ0v) is 9.70. The molecule has 2 N–H and O–H groups in total. The van der Waals surface area contributed by atoms with E-state index in [0.29, 0.717) is 17.1 Å². The third kappa shape index (κ3) is 2.91. The molecule has 1 aliphatic rings. The average Bonchev–Trinajstić information content (AvgIpc) is 2.29. The molecule has 0 amide bonds. The van der Waals surface area contributed by atoms with E-state index >= 15 is 0 Å². The van der Waals surface area contributed by atoms with E-state index in [1.54, 1.807) is 0 Å². The molecule has 1 aromatic carbocycles. The van der Waals surface area contributed by atoms with Gasteiger partial charge in [0.05, 0.1) is 5.56 Å². The lowest BCUT2D eigenvalue weighted by Gasteiger charge is -2.26. The molecule has 0 aromatic heterocycles. The molecule has 2 nitrogen and oxygen atoms in total. The monoisotopic (exact) mass is 264 g/mol. The van der Waals surface area contributed by atoms with Gasteiger partial charge in [-0.1, -0.05) is 11.6 Å². The van der Waals surface area contributed by atoms with Crippen molar-refractivity contribution in [2.24, 2.45) is 0 Å². The first kappa shape index (κ1) is 12.7. The second-order valence-electron chi connectivity index (χ2n) is 3.94. The van der Waals surface area contributed by atoms with Crippen LogP contribution in [0.3, 0.4) is 0 Å². The van der Waals surface area contributed by atoms with Crippen LogP contribution in [0.25, 0.3) is 0 Å². The Hall–Kier alpha value is -0.780. The summed E-state index contributed by atoms with van der Waals surface area (Å²) in [5.74, 6) is 0. The fourth-order valence-corrected chi connectivity index (χ4v) is 2.11. The third-order valence-corrected chi connectivity index (χ3v) is 3.08. The van der Waals surface area contributed by atoms with Crippen molar-refractivity contribution in [1.29, 1.82) is 0 Å². The van der Waals surface area contributed by atoms with Crippen LogP contribution in [0, 0.1) is 0 Å². The second-order valence-corrected chi connectivity index (χ2v) is 4.35. The number of hydrogen-bond acceptors (Lipinski definition) is 2. The maximum atomic E-state index is 12.6. The van der Waals surface area contributed by atoms with Crippen LogP contribution in [-0.4, -0.2) is 19.6 Å². The molecule has 0 spiro atoms. The van der Waals surface area contributed by atoms with Gasteiger partial charge in [0.2, 0.25) is 0 Å². The van der Waals surface area contributed by atoms with Gasteiger partial charge in [0.25, 0.3) is 0 Å². The summed E-state index contributed by atoms with van der Waals surface area (Å²) in [6, 6.07) is 3.25. The van der Waals surface area contributed by atoms with E-state index < -0.39 is 11.7 Å². The predicted octanol–water partition coefficient (Wildman–Crippen LogP) is 2.59. The molecule has 0 saturated carbocycles. The van der Waals surface area contributed by atoms with Gasteiger partial charge >= 0.3 is 6.18 Å². The minimum absolute atomic E-state index is 0.168.